The van der Waals surface area contributed by atoms with Crippen LogP contribution in [0.3, 0.4) is 0 Å². The molecule has 1 amide bonds. The topological polar surface area (TPSA) is 72.2 Å². The van der Waals surface area contributed by atoms with Gasteiger partial charge in [0.2, 0.25) is 0 Å². The molecule has 0 aliphatic carbocycles. The van der Waals surface area contributed by atoms with E-state index in [2.05, 4.69) is 5.32 Å². The van der Waals surface area contributed by atoms with E-state index in [1.807, 2.05) is 23.8 Å². The van der Waals surface area contributed by atoms with Gasteiger partial charge in [-0.3, -0.25) is 14.9 Å². The molecular weight excluding hydrogens is 312 g/mol. The molecule has 1 heterocycles. The molecule has 1 aromatic heterocycles. The van der Waals surface area contributed by atoms with Crippen LogP contribution in [0.15, 0.2) is 35.0 Å². The van der Waals surface area contributed by atoms with Crippen molar-refractivity contribution in [1.29, 1.82) is 0 Å². The minimum atomic E-state index is -0.580. The van der Waals surface area contributed by atoms with E-state index in [9.17, 15) is 14.9 Å². The molecule has 0 fully saturated rings. The summed E-state index contributed by atoms with van der Waals surface area (Å²) in [6.07, 6.45) is 0.732. The minimum absolute atomic E-state index is 0.0407. The van der Waals surface area contributed by atoms with Crippen LogP contribution in [0.25, 0.3) is 0 Å². The average molecular weight is 325 g/mol. The molecule has 2 aromatic rings. The van der Waals surface area contributed by atoms with E-state index in [1.165, 1.54) is 18.2 Å². The van der Waals surface area contributed by atoms with E-state index in [0.29, 0.717) is 5.56 Å². The molecule has 1 N–H and O–H groups in total. The minimum Gasteiger partial charge on any atom is -0.349 e. The molecule has 1 atom stereocenters. The second kappa shape index (κ2) is 6.69. The number of nitrogens with zero attached hydrogens (tertiary/aromatic N) is 1. The Kier molecular flexibility index (Phi) is 4.93. The molecule has 21 heavy (non-hydrogen) atoms. The van der Waals surface area contributed by atoms with E-state index in [0.717, 1.165) is 12.0 Å². The van der Waals surface area contributed by atoms with E-state index in [1.54, 1.807) is 11.3 Å². The Labute approximate surface area is 130 Å². The first kappa shape index (κ1) is 15.5. The first-order chi connectivity index (χ1) is 9.97. The molecule has 0 saturated carbocycles. The average Bonchev–Trinajstić information content (AvgIpc) is 2.90. The van der Waals surface area contributed by atoms with Crippen molar-refractivity contribution in [3.63, 3.8) is 0 Å². The van der Waals surface area contributed by atoms with Gasteiger partial charge in [0, 0.05) is 17.7 Å². The van der Waals surface area contributed by atoms with Crippen molar-refractivity contribution in [2.45, 2.75) is 19.4 Å². The quantitative estimate of drug-likeness (QED) is 0.673. The second-order valence-corrected chi connectivity index (χ2v) is 5.82. The van der Waals surface area contributed by atoms with Crippen molar-refractivity contribution in [3.8, 4) is 0 Å². The normalized spacial score (nSPS) is 11.9. The Morgan fingerprint density at radius 2 is 2.24 bits per heavy atom. The molecule has 0 radical (unpaired) electrons. The molecule has 0 spiro atoms. The molecule has 0 aliphatic rings. The van der Waals surface area contributed by atoms with Gasteiger partial charge in [0.1, 0.15) is 5.02 Å². The highest BCUT2D eigenvalue weighted by Crippen LogP contribution is 2.25. The lowest BCUT2D eigenvalue weighted by Gasteiger charge is -2.13. The Bertz CT molecular complexity index is 658. The van der Waals surface area contributed by atoms with Gasteiger partial charge in [-0.25, -0.2) is 0 Å². The number of carbonyl (C=O) groups excluding carboxylic acids is 1. The number of hydrogen-bond donors (Lipinski definition) is 1. The van der Waals surface area contributed by atoms with E-state index >= 15 is 0 Å². The third-order valence-electron chi connectivity index (χ3n) is 2.91. The van der Waals surface area contributed by atoms with Gasteiger partial charge in [0.25, 0.3) is 11.6 Å². The van der Waals surface area contributed by atoms with Crippen molar-refractivity contribution in [2.24, 2.45) is 0 Å². The maximum atomic E-state index is 12.1. The molecule has 1 aromatic carbocycles. The van der Waals surface area contributed by atoms with Crippen LogP contribution >= 0.6 is 22.9 Å². The summed E-state index contributed by atoms with van der Waals surface area (Å²) in [4.78, 5) is 22.2. The fourth-order valence-corrected chi connectivity index (χ4v) is 2.85. The number of benzene rings is 1. The fraction of sp³-hybridized carbons (Fsp3) is 0.214. The summed E-state index contributed by atoms with van der Waals surface area (Å²) in [6, 6.07) is 5.92. The van der Waals surface area contributed by atoms with Gasteiger partial charge in [0.15, 0.2) is 0 Å². The van der Waals surface area contributed by atoms with Crippen LogP contribution in [0.2, 0.25) is 5.02 Å². The van der Waals surface area contributed by atoms with Crippen molar-refractivity contribution >= 4 is 34.5 Å². The molecule has 5 nitrogen and oxygen atoms in total. The molecular formula is C14H13ClN2O3S. The fourth-order valence-electron chi connectivity index (χ4n) is 1.92. The highest BCUT2D eigenvalue weighted by molar-refractivity contribution is 7.07. The maximum Gasteiger partial charge on any atom is 0.287 e. The van der Waals surface area contributed by atoms with E-state index in [4.69, 9.17) is 11.6 Å². The Hall–Kier alpha value is -1.92. The zero-order valence-corrected chi connectivity index (χ0v) is 12.8. The summed E-state index contributed by atoms with van der Waals surface area (Å²) in [6.45, 7) is 1.91. The number of nitrogens with one attached hydrogen (secondary N) is 1. The summed E-state index contributed by atoms with van der Waals surface area (Å²) in [5.41, 5.74) is 1.26. The van der Waals surface area contributed by atoms with Gasteiger partial charge in [-0.2, -0.15) is 11.3 Å². The largest absolute Gasteiger partial charge is 0.349 e. The molecule has 2 rings (SSSR count). The number of thiophene rings is 1. The second-order valence-electron chi connectivity index (χ2n) is 4.63. The maximum absolute atomic E-state index is 12.1. The molecule has 110 valence electrons. The zero-order valence-electron chi connectivity index (χ0n) is 11.2. The van der Waals surface area contributed by atoms with Crippen LogP contribution < -0.4 is 5.32 Å². The Balaban J connectivity index is 2.03. The van der Waals surface area contributed by atoms with E-state index in [-0.39, 0.29) is 22.7 Å². The van der Waals surface area contributed by atoms with Gasteiger partial charge < -0.3 is 5.32 Å². The summed E-state index contributed by atoms with van der Waals surface area (Å²) in [5, 5.41) is 17.5. The van der Waals surface area contributed by atoms with Gasteiger partial charge in [-0.05, 0) is 47.9 Å². The smallest absolute Gasteiger partial charge is 0.287 e. The highest BCUT2D eigenvalue weighted by atomic mass is 35.5. The van der Waals surface area contributed by atoms with Gasteiger partial charge in [-0.15, -0.1) is 0 Å². The Morgan fingerprint density at radius 3 is 2.81 bits per heavy atom. The number of amides is 1. The number of halogens is 1. The third-order valence-corrected chi connectivity index (χ3v) is 3.94. The van der Waals surface area contributed by atoms with Gasteiger partial charge >= 0.3 is 0 Å². The summed E-state index contributed by atoms with van der Waals surface area (Å²) < 4.78 is 0. The van der Waals surface area contributed by atoms with Crippen LogP contribution in [0.5, 0.6) is 0 Å². The first-order valence-electron chi connectivity index (χ1n) is 6.23. The first-order valence-corrected chi connectivity index (χ1v) is 7.55. The lowest BCUT2D eigenvalue weighted by Crippen LogP contribution is -2.33. The van der Waals surface area contributed by atoms with Crippen molar-refractivity contribution in [3.05, 3.63) is 61.3 Å². The van der Waals surface area contributed by atoms with Gasteiger partial charge in [-0.1, -0.05) is 11.6 Å². The molecule has 0 bridgehead atoms. The zero-order chi connectivity index (χ0) is 15.4. The standard InChI is InChI=1S/C14H13ClN2O3S/c1-9(6-10-4-5-21-8-10)16-14(18)11-2-3-13(17(19)20)12(15)7-11/h2-5,7-9H,6H2,1H3,(H,16,18). The predicted octanol–water partition coefficient (Wildman–Crippen LogP) is 3.67. The van der Waals surface area contributed by atoms with Crippen LogP contribution in [-0.4, -0.2) is 16.9 Å². The van der Waals surface area contributed by atoms with Crippen LogP contribution in [-0.2, 0) is 6.42 Å². The molecule has 7 heteroatoms. The molecule has 1 unspecified atom stereocenters. The van der Waals surface area contributed by atoms with Crippen molar-refractivity contribution in [1.82, 2.24) is 5.32 Å². The number of nitro groups is 1. The summed E-state index contributed by atoms with van der Waals surface area (Å²) in [7, 11) is 0. The number of nitro benzene ring substituents is 1. The molecule has 0 saturated heterocycles. The van der Waals surface area contributed by atoms with Crippen LogP contribution in [0, 0.1) is 10.1 Å². The molecule has 0 aliphatic heterocycles. The van der Waals surface area contributed by atoms with Gasteiger partial charge in [0.05, 0.1) is 4.92 Å². The van der Waals surface area contributed by atoms with Crippen molar-refractivity contribution < 1.29 is 9.72 Å². The van der Waals surface area contributed by atoms with E-state index < -0.39 is 4.92 Å². The number of rotatable bonds is 5. The third kappa shape index (κ3) is 4.03. The van der Waals surface area contributed by atoms with Crippen LogP contribution in [0.1, 0.15) is 22.8 Å². The lowest BCUT2D eigenvalue weighted by molar-refractivity contribution is -0.384. The predicted molar refractivity (Wildman–Crippen MR) is 83.1 cm³/mol. The SMILES string of the molecule is CC(Cc1ccsc1)NC(=O)c1ccc([N+](=O)[O-])c(Cl)c1. The number of hydrogen-bond acceptors (Lipinski definition) is 4. The monoisotopic (exact) mass is 324 g/mol. The highest BCUT2D eigenvalue weighted by Gasteiger charge is 2.16. The Morgan fingerprint density at radius 1 is 1.48 bits per heavy atom. The van der Waals surface area contributed by atoms with Crippen molar-refractivity contribution in [2.75, 3.05) is 0 Å². The number of carbonyl (C=O) groups is 1. The van der Waals surface area contributed by atoms with Crippen LogP contribution in [0.4, 0.5) is 5.69 Å². The summed E-state index contributed by atoms with van der Waals surface area (Å²) in [5.74, 6) is -0.297. The lowest BCUT2D eigenvalue weighted by atomic mass is 10.1. The summed E-state index contributed by atoms with van der Waals surface area (Å²) >= 11 is 7.41.